The zero-order chi connectivity index (χ0) is 15.5. The standard InChI is InChI=1S/C15H17N5O2/c1-9(10-4-3-5-11(6-10)22-2)19-15-13-14(17-8-18-15)16-7-12(21)20-13/h3-6,8-9H,7H2,1-2H3,(H,20,21)(H2,16,17,18,19). The average Bonchev–Trinajstić information content (AvgIpc) is 2.55. The summed E-state index contributed by atoms with van der Waals surface area (Å²) in [4.78, 5) is 19.9. The molecule has 0 saturated carbocycles. The highest BCUT2D eigenvalue weighted by atomic mass is 16.5. The van der Waals surface area contributed by atoms with E-state index in [0.717, 1.165) is 11.3 Å². The number of methoxy groups -OCH3 is 1. The topological polar surface area (TPSA) is 88.2 Å². The van der Waals surface area contributed by atoms with Crippen LogP contribution < -0.4 is 20.7 Å². The molecule has 0 aliphatic carbocycles. The van der Waals surface area contributed by atoms with Gasteiger partial charge in [-0.15, -0.1) is 0 Å². The minimum absolute atomic E-state index is 0.00655. The van der Waals surface area contributed by atoms with Crippen molar-refractivity contribution in [2.45, 2.75) is 13.0 Å². The number of benzene rings is 1. The van der Waals surface area contributed by atoms with Crippen LogP contribution in [0.1, 0.15) is 18.5 Å². The largest absolute Gasteiger partial charge is 0.497 e. The molecule has 7 heteroatoms. The molecule has 0 radical (unpaired) electrons. The molecule has 3 N–H and O–H groups in total. The summed E-state index contributed by atoms with van der Waals surface area (Å²) in [5.41, 5.74) is 1.63. The predicted octanol–water partition coefficient (Wildman–Crippen LogP) is 2.02. The van der Waals surface area contributed by atoms with Crippen LogP contribution in [0, 0.1) is 0 Å². The summed E-state index contributed by atoms with van der Waals surface area (Å²) >= 11 is 0. The number of aromatic nitrogens is 2. The molecule has 1 atom stereocenters. The van der Waals surface area contributed by atoms with Crippen LogP contribution in [0.25, 0.3) is 0 Å². The van der Waals surface area contributed by atoms with Crippen molar-refractivity contribution in [1.29, 1.82) is 0 Å². The van der Waals surface area contributed by atoms with E-state index in [1.807, 2.05) is 31.2 Å². The minimum Gasteiger partial charge on any atom is -0.497 e. The van der Waals surface area contributed by atoms with Crippen LogP contribution in [0.5, 0.6) is 5.75 Å². The number of nitrogens with zero attached hydrogens (tertiary/aromatic N) is 2. The molecule has 2 aromatic rings. The van der Waals surface area contributed by atoms with Gasteiger partial charge in [0.1, 0.15) is 17.8 Å². The smallest absolute Gasteiger partial charge is 0.243 e. The Labute approximate surface area is 128 Å². The number of rotatable bonds is 4. The molecule has 0 bridgehead atoms. The van der Waals surface area contributed by atoms with Crippen LogP contribution in [-0.2, 0) is 4.79 Å². The van der Waals surface area contributed by atoms with Gasteiger partial charge < -0.3 is 20.7 Å². The maximum atomic E-state index is 11.5. The Kier molecular flexibility index (Phi) is 3.78. The monoisotopic (exact) mass is 299 g/mol. The maximum Gasteiger partial charge on any atom is 0.243 e. The van der Waals surface area contributed by atoms with Crippen LogP contribution in [-0.4, -0.2) is 29.5 Å². The van der Waals surface area contributed by atoms with Crippen LogP contribution in [0.3, 0.4) is 0 Å². The molecule has 1 aromatic carbocycles. The third-order valence-electron chi connectivity index (χ3n) is 3.48. The van der Waals surface area contributed by atoms with E-state index in [0.29, 0.717) is 17.3 Å². The van der Waals surface area contributed by atoms with Gasteiger partial charge in [0, 0.05) is 0 Å². The van der Waals surface area contributed by atoms with Gasteiger partial charge in [-0.05, 0) is 24.6 Å². The van der Waals surface area contributed by atoms with Gasteiger partial charge in [0.2, 0.25) is 5.91 Å². The molecule has 1 aromatic heterocycles. The first-order chi connectivity index (χ1) is 10.7. The summed E-state index contributed by atoms with van der Waals surface area (Å²) in [5.74, 6) is 1.89. The van der Waals surface area contributed by atoms with E-state index in [2.05, 4.69) is 25.9 Å². The van der Waals surface area contributed by atoms with Gasteiger partial charge in [0.05, 0.1) is 19.7 Å². The number of hydrogen-bond acceptors (Lipinski definition) is 6. The fraction of sp³-hybridized carbons (Fsp3) is 0.267. The first-order valence-corrected chi connectivity index (χ1v) is 6.96. The lowest BCUT2D eigenvalue weighted by Crippen LogP contribution is -2.29. The lowest BCUT2D eigenvalue weighted by Gasteiger charge is -2.22. The summed E-state index contributed by atoms with van der Waals surface area (Å²) in [6.45, 7) is 2.23. The number of fused-ring (bicyclic) bond motifs is 1. The Balaban J connectivity index is 1.85. The lowest BCUT2D eigenvalue weighted by atomic mass is 10.1. The molecule has 114 valence electrons. The van der Waals surface area contributed by atoms with Crippen molar-refractivity contribution in [3.05, 3.63) is 36.2 Å². The average molecular weight is 299 g/mol. The van der Waals surface area contributed by atoms with Crippen molar-refractivity contribution >= 4 is 23.2 Å². The third-order valence-corrected chi connectivity index (χ3v) is 3.48. The zero-order valence-electron chi connectivity index (χ0n) is 12.4. The van der Waals surface area contributed by atoms with Crippen molar-refractivity contribution in [3.8, 4) is 5.75 Å². The maximum absolute atomic E-state index is 11.5. The van der Waals surface area contributed by atoms with Crippen molar-refractivity contribution in [2.24, 2.45) is 0 Å². The minimum atomic E-state index is -0.112. The van der Waals surface area contributed by atoms with Crippen LogP contribution in [0.15, 0.2) is 30.6 Å². The fourth-order valence-electron chi connectivity index (χ4n) is 2.29. The molecule has 1 aliphatic rings. The highest BCUT2D eigenvalue weighted by molar-refractivity contribution is 6.02. The molecule has 3 rings (SSSR count). The predicted molar refractivity (Wildman–Crippen MR) is 84.2 cm³/mol. The zero-order valence-corrected chi connectivity index (χ0v) is 12.4. The first-order valence-electron chi connectivity index (χ1n) is 6.96. The molecule has 0 fully saturated rings. The molecule has 1 unspecified atom stereocenters. The SMILES string of the molecule is COc1cccc(C(C)Nc2ncnc3c2NC(=O)CN3)c1. The Morgan fingerprint density at radius 1 is 1.36 bits per heavy atom. The van der Waals surface area contributed by atoms with Gasteiger partial charge >= 0.3 is 0 Å². The van der Waals surface area contributed by atoms with Gasteiger partial charge in [-0.25, -0.2) is 9.97 Å². The molecule has 1 amide bonds. The fourth-order valence-corrected chi connectivity index (χ4v) is 2.29. The van der Waals surface area contributed by atoms with E-state index >= 15 is 0 Å². The summed E-state index contributed by atoms with van der Waals surface area (Å²) < 4.78 is 5.24. The highest BCUT2D eigenvalue weighted by Gasteiger charge is 2.20. The Morgan fingerprint density at radius 2 is 2.23 bits per heavy atom. The number of carbonyl (C=O) groups is 1. The molecule has 1 aliphatic heterocycles. The summed E-state index contributed by atoms with van der Waals surface area (Å²) in [7, 11) is 1.64. The quantitative estimate of drug-likeness (QED) is 0.800. The van der Waals surface area contributed by atoms with E-state index in [1.54, 1.807) is 7.11 Å². The second-order valence-electron chi connectivity index (χ2n) is 4.99. The van der Waals surface area contributed by atoms with Crippen molar-refractivity contribution < 1.29 is 9.53 Å². The van der Waals surface area contributed by atoms with E-state index in [1.165, 1.54) is 6.33 Å². The lowest BCUT2D eigenvalue weighted by molar-refractivity contribution is -0.114. The Morgan fingerprint density at radius 3 is 3.05 bits per heavy atom. The van der Waals surface area contributed by atoms with Gasteiger partial charge in [0.15, 0.2) is 11.6 Å². The molecular formula is C15H17N5O2. The van der Waals surface area contributed by atoms with Crippen LogP contribution >= 0.6 is 0 Å². The summed E-state index contributed by atoms with van der Waals surface area (Å²) in [6.07, 6.45) is 1.46. The van der Waals surface area contributed by atoms with E-state index in [-0.39, 0.29) is 18.5 Å². The van der Waals surface area contributed by atoms with Gasteiger partial charge in [-0.3, -0.25) is 4.79 Å². The molecule has 0 saturated heterocycles. The summed E-state index contributed by atoms with van der Waals surface area (Å²) in [5, 5.41) is 9.05. The molecule has 7 nitrogen and oxygen atoms in total. The molecule has 22 heavy (non-hydrogen) atoms. The number of nitrogens with one attached hydrogen (secondary N) is 3. The van der Waals surface area contributed by atoms with Gasteiger partial charge in [0.25, 0.3) is 0 Å². The third kappa shape index (κ3) is 2.78. The summed E-state index contributed by atoms with van der Waals surface area (Å²) in [6, 6.07) is 7.79. The number of carbonyl (C=O) groups excluding carboxylic acids is 1. The number of hydrogen-bond donors (Lipinski definition) is 3. The second kappa shape index (κ2) is 5.88. The number of amides is 1. The molecule has 0 spiro atoms. The second-order valence-corrected chi connectivity index (χ2v) is 4.99. The van der Waals surface area contributed by atoms with Gasteiger partial charge in [-0.1, -0.05) is 12.1 Å². The molecule has 2 heterocycles. The number of ether oxygens (including phenoxy) is 1. The number of anilines is 3. The first kappa shape index (κ1) is 14.1. The van der Waals surface area contributed by atoms with Crippen LogP contribution in [0.4, 0.5) is 17.3 Å². The highest BCUT2D eigenvalue weighted by Crippen LogP contribution is 2.31. The van der Waals surface area contributed by atoms with Crippen LogP contribution in [0.2, 0.25) is 0 Å². The van der Waals surface area contributed by atoms with E-state index in [9.17, 15) is 4.79 Å². The Hall–Kier alpha value is -2.83. The van der Waals surface area contributed by atoms with Crippen molar-refractivity contribution in [1.82, 2.24) is 9.97 Å². The Bertz CT molecular complexity index is 704. The van der Waals surface area contributed by atoms with Gasteiger partial charge in [-0.2, -0.15) is 0 Å². The van der Waals surface area contributed by atoms with Crippen molar-refractivity contribution in [3.63, 3.8) is 0 Å². The molecular weight excluding hydrogens is 282 g/mol. The van der Waals surface area contributed by atoms with E-state index in [4.69, 9.17) is 4.74 Å². The van der Waals surface area contributed by atoms with E-state index < -0.39 is 0 Å². The normalized spacial score (nSPS) is 14.4. The van der Waals surface area contributed by atoms with Crippen molar-refractivity contribution in [2.75, 3.05) is 29.6 Å².